The smallest absolute Gasteiger partial charge is 0.332 e. The van der Waals surface area contributed by atoms with E-state index in [4.69, 9.17) is 12.2 Å². The van der Waals surface area contributed by atoms with Crippen LogP contribution >= 0.6 is 12.2 Å². The summed E-state index contributed by atoms with van der Waals surface area (Å²) in [5.74, 6) is -0.375. The van der Waals surface area contributed by atoms with Crippen LogP contribution < -0.4 is 10.6 Å². The lowest BCUT2D eigenvalue weighted by Gasteiger charge is -2.19. The van der Waals surface area contributed by atoms with Crippen LogP contribution in [0.25, 0.3) is 0 Å². The van der Waals surface area contributed by atoms with Crippen molar-refractivity contribution in [2.24, 2.45) is 5.41 Å². The zero-order valence-corrected chi connectivity index (χ0v) is 12.1. The Morgan fingerprint density at radius 1 is 1.15 bits per heavy atom. The molecule has 0 heterocycles. The second kappa shape index (κ2) is 5.78. The average molecular weight is 304 g/mol. The number of carbonyl (C=O) groups excluding carboxylic acids is 1. The zero-order valence-electron chi connectivity index (χ0n) is 11.3. The molecule has 110 valence electrons. The third kappa shape index (κ3) is 4.48. The summed E-state index contributed by atoms with van der Waals surface area (Å²) in [4.78, 5) is 11.7. The second-order valence-electron chi connectivity index (χ2n) is 5.20. The first-order chi connectivity index (χ1) is 9.01. The van der Waals surface area contributed by atoms with Gasteiger partial charge in [-0.25, -0.2) is 0 Å². The number of para-hydroxylation sites is 1. The Morgan fingerprint density at radius 3 is 2.20 bits per heavy atom. The van der Waals surface area contributed by atoms with E-state index in [2.05, 4.69) is 10.6 Å². The van der Waals surface area contributed by atoms with Crippen LogP contribution in [0.1, 0.15) is 26.3 Å². The van der Waals surface area contributed by atoms with Crippen LogP contribution in [0, 0.1) is 5.41 Å². The number of thiocarbonyl (C=S) groups is 1. The molecule has 3 nitrogen and oxygen atoms in total. The van der Waals surface area contributed by atoms with Crippen molar-refractivity contribution in [1.29, 1.82) is 0 Å². The minimum atomic E-state index is -4.49. The van der Waals surface area contributed by atoms with Gasteiger partial charge in [0.05, 0.1) is 11.3 Å². The van der Waals surface area contributed by atoms with E-state index >= 15 is 0 Å². The monoisotopic (exact) mass is 304 g/mol. The summed E-state index contributed by atoms with van der Waals surface area (Å²) in [7, 11) is 0. The first-order valence-corrected chi connectivity index (χ1v) is 6.21. The van der Waals surface area contributed by atoms with E-state index in [0.29, 0.717) is 0 Å². The van der Waals surface area contributed by atoms with E-state index < -0.39 is 17.2 Å². The first-order valence-electron chi connectivity index (χ1n) is 5.80. The van der Waals surface area contributed by atoms with Gasteiger partial charge in [-0.1, -0.05) is 32.9 Å². The van der Waals surface area contributed by atoms with E-state index in [9.17, 15) is 18.0 Å². The fraction of sp³-hybridized carbons (Fsp3) is 0.385. The van der Waals surface area contributed by atoms with E-state index in [-0.39, 0.29) is 16.7 Å². The average Bonchev–Trinajstić information content (AvgIpc) is 2.26. The number of benzene rings is 1. The molecule has 0 radical (unpaired) electrons. The van der Waals surface area contributed by atoms with Gasteiger partial charge >= 0.3 is 6.18 Å². The van der Waals surface area contributed by atoms with Gasteiger partial charge in [0.15, 0.2) is 5.11 Å². The molecule has 2 N–H and O–H groups in total. The third-order valence-electron chi connectivity index (χ3n) is 2.39. The molecule has 7 heteroatoms. The zero-order chi connectivity index (χ0) is 15.6. The topological polar surface area (TPSA) is 41.1 Å². The van der Waals surface area contributed by atoms with Gasteiger partial charge in [0.1, 0.15) is 0 Å². The van der Waals surface area contributed by atoms with Crippen LogP contribution in [0.3, 0.4) is 0 Å². The number of rotatable bonds is 1. The van der Waals surface area contributed by atoms with Crippen LogP contribution in [-0.2, 0) is 11.0 Å². The van der Waals surface area contributed by atoms with Gasteiger partial charge in [-0.15, -0.1) is 0 Å². The summed E-state index contributed by atoms with van der Waals surface area (Å²) in [6.45, 7) is 5.03. The number of nitrogens with one attached hydrogen (secondary N) is 2. The molecule has 20 heavy (non-hydrogen) atoms. The highest BCUT2D eigenvalue weighted by molar-refractivity contribution is 7.80. The molecule has 0 spiro atoms. The third-order valence-corrected chi connectivity index (χ3v) is 2.59. The maximum Gasteiger partial charge on any atom is 0.418 e. The van der Waals surface area contributed by atoms with Crippen LogP contribution in [0.2, 0.25) is 0 Å². The summed E-state index contributed by atoms with van der Waals surface area (Å²) < 4.78 is 38.3. The van der Waals surface area contributed by atoms with Gasteiger partial charge < -0.3 is 10.6 Å². The molecular formula is C13H15F3N2OS. The highest BCUT2D eigenvalue weighted by Gasteiger charge is 2.33. The summed E-state index contributed by atoms with van der Waals surface area (Å²) in [6.07, 6.45) is -4.49. The number of alkyl halides is 3. The molecule has 0 aromatic heterocycles. The molecule has 0 saturated heterocycles. The number of hydrogen-bond donors (Lipinski definition) is 2. The van der Waals surface area contributed by atoms with Crippen molar-refractivity contribution in [3.8, 4) is 0 Å². The Kier molecular flexibility index (Phi) is 4.75. The summed E-state index contributed by atoms with van der Waals surface area (Å²) in [6, 6.07) is 4.92. The molecule has 1 rings (SSSR count). The number of carbonyl (C=O) groups is 1. The Balaban J connectivity index is 2.85. The fourth-order valence-electron chi connectivity index (χ4n) is 1.28. The van der Waals surface area contributed by atoms with Crippen molar-refractivity contribution in [2.45, 2.75) is 26.9 Å². The molecular weight excluding hydrogens is 289 g/mol. The van der Waals surface area contributed by atoms with Crippen molar-refractivity contribution < 1.29 is 18.0 Å². The molecule has 0 aliphatic carbocycles. The van der Waals surface area contributed by atoms with Gasteiger partial charge in [0, 0.05) is 5.41 Å². The van der Waals surface area contributed by atoms with Crippen molar-refractivity contribution >= 4 is 28.9 Å². The van der Waals surface area contributed by atoms with E-state index in [0.717, 1.165) is 6.07 Å². The van der Waals surface area contributed by atoms with E-state index in [1.54, 1.807) is 20.8 Å². The Labute approximate surface area is 120 Å². The minimum absolute atomic E-state index is 0.165. The van der Waals surface area contributed by atoms with Crippen molar-refractivity contribution in [1.82, 2.24) is 5.32 Å². The van der Waals surface area contributed by atoms with Crippen LogP contribution in [-0.4, -0.2) is 11.0 Å². The molecule has 0 saturated carbocycles. The molecule has 1 aromatic carbocycles. The van der Waals surface area contributed by atoms with Crippen LogP contribution in [0.5, 0.6) is 0 Å². The second-order valence-corrected chi connectivity index (χ2v) is 5.61. The number of anilines is 1. The van der Waals surface area contributed by atoms with Gasteiger partial charge in [0.2, 0.25) is 5.91 Å². The maximum atomic E-state index is 12.8. The van der Waals surface area contributed by atoms with Crippen LogP contribution in [0.4, 0.5) is 18.9 Å². The summed E-state index contributed by atoms with van der Waals surface area (Å²) in [5.41, 5.74) is -1.72. The number of halogens is 3. The minimum Gasteiger partial charge on any atom is -0.332 e. The SMILES string of the molecule is CC(C)(C)C(=O)NC(=S)Nc1ccccc1C(F)(F)F. The predicted molar refractivity (Wildman–Crippen MR) is 75.3 cm³/mol. The van der Waals surface area contributed by atoms with Crippen LogP contribution in [0.15, 0.2) is 24.3 Å². The lowest BCUT2D eigenvalue weighted by atomic mass is 9.96. The standard InChI is InChI=1S/C13H15F3N2OS/c1-12(2,3)10(19)18-11(20)17-9-7-5-4-6-8(9)13(14,15)16/h4-7H,1-3H3,(H2,17,18,19,20). The largest absolute Gasteiger partial charge is 0.418 e. The van der Waals surface area contributed by atoms with Gasteiger partial charge in [-0.05, 0) is 24.4 Å². The lowest BCUT2D eigenvalue weighted by Crippen LogP contribution is -2.41. The Morgan fingerprint density at radius 2 is 1.70 bits per heavy atom. The molecule has 0 aliphatic heterocycles. The highest BCUT2D eigenvalue weighted by atomic mass is 32.1. The lowest BCUT2D eigenvalue weighted by molar-refractivity contribution is -0.136. The molecule has 1 amide bonds. The Hall–Kier alpha value is -1.63. The van der Waals surface area contributed by atoms with E-state index in [1.807, 2.05) is 0 Å². The molecule has 0 aliphatic rings. The molecule has 0 bridgehead atoms. The Bertz CT molecular complexity index is 521. The number of hydrogen-bond acceptors (Lipinski definition) is 2. The first kappa shape index (κ1) is 16.4. The van der Waals surface area contributed by atoms with Crippen molar-refractivity contribution in [3.63, 3.8) is 0 Å². The fourth-order valence-corrected chi connectivity index (χ4v) is 1.49. The maximum absolute atomic E-state index is 12.8. The summed E-state index contributed by atoms with van der Waals surface area (Å²) >= 11 is 4.85. The van der Waals surface area contributed by atoms with E-state index in [1.165, 1.54) is 18.2 Å². The van der Waals surface area contributed by atoms with Gasteiger partial charge in [0.25, 0.3) is 0 Å². The normalized spacial score (nSPS) is 11.9. The highest BCUT2D eigenvalue weighted by Crippen LogP contribution is 2.34. The molecule has 0 atom stereocenters. The number of amides is 1. The molecule has 1 aromatic rings. The quantitative estimate of drug-likeness (QED) is 0.779. The van der Waals surface area contributed by atoms with Crippen molar-refractivity contribution in [2.75, 3.05) is 5.32 Å². The van der Waals surface area contributed by atoms with Crippen molar-refractivity contribution in [3.05, 3.63) is 29.8 Å². The molecule has 0 unspecified atom stereocenters. The summed E-state index contributed by atoms with van der Waals surface area (Å²) in [5, 5.41) is 4.60. The molecule has 0 fully saturated rings. The van der Waals surface area contributed by atoms with Gasteiger partial charge in [-0.2, -0.15) is 13.2 Å². The van der Waals surface area contributed by atoms with Gasteiger partial charge in [-0.3, -0.25) is 4.79 Å². The predicted octanol–water partition coefficient (Wildman–Crippen LogP) is 3.56.